The van der Waals surface area contributed by atoms with E-state index < -0.39 is 28.6 Å². The van der Waals surface area contributed by atoms with Crippen molar-refractivity contribution in [3.05, 3.63) is 38.9 Å². The second-order valence-corrected chi connectivity index (χ2v) is 22.3. The Labute approximate surface area is 332 Å². The Morgan fingerprint density at radius 2 is 1.64 bits per heavy atom. The number of rotatable bonds is 8. The van der Waals surface area contributed by atoms with Crippen LogP contribution in [0.15, 0.2) is 23.3 Å². The highest BCUT2D eigenvalue weighted by atomic mass is 32.1. The molecule has 2 unspecified atom stereocenters. The number of hydrogen-bond donors (Lipinski definition) is 2. The summed E-state index contributed by atoms with van der Waals surface area (Å²) in [7, 11) is 0. The molecule has 0 radical (unpaired) electrons. The quantitative estimate of drug-likeness (QED) is 0.200. The number of esters is 1. The summed E-state index contributed by atoms with van der Waals surface area (Å²) in [4.78, 5) is 59.1. The topological polar surface area (TPSA) is 123 Å². The number of aryl methyl sites for hydroxylation is 2. The molecule has 8 rings (SSSR count). The SMILES string of the molecule is C=C1[C@@]23CC[C@]4(C)[C@H](CCC5C6=C(C(C)C)C(=O)C[C@]6(CC(=O)NCc6sc(C)nc6C)CC[C@]54C)[C@@]2(C)CCC(OC(=O)[C@H]2C[C@@H](C(=O)O)C2(C)C)[C@@]13C. The summed E-state index contributed by atoms with van der Waals surface area (Å²) in [5, 5.41) is 13.9. The fourth-order valence-electron chi connectivity index (χ4n) is 15.3. The van der Waals surface area contributed by atoms with Crippen LogP contribution in [0.5, 0.6) is 0 Å². The van der Waals surface area contributed by atoms with Gasteiger partial charge in [-0.25, -0.2) is 4.98 Å². The average molecular weight is 773 g/mol. The van der Waals surface area contributed by atoms with Crippen molar-refractivity contribution in [3.63, 3.8) is 0 Å². The number of hydrogen-bond acceptors (Lipinski definition) is 7. The highest BCUT2D eigenvalue weighted by molar-refractivity contribution is 7.11. The van der Waals surface area contributed by atoms with E-state index in [2.05, 4.69) is 51.8 Å². The van der Waals surface area contributed by atoms with E-state index in [1.807, 2.05) is 27.7 Å². The maximum atomic E-state index is 14.1. The first-order chi connectivity index (χ1) is 25.6. The minimum Gasteiger partial charge on any atom is -0.481 e. The normalized spacial score (nSPS) is 43.7. The highest BCUT2D eigenvalue weighted by Gasteiger charge is 2.85. The number of nitrogens with one attached hydrogen (secondary N) is 1. The summed E-state index contributed by atoms with van der Waals surface area (Å²) in [5.41, 5.74) is 3.10. The summed E-state index contributed by atoms with van der Waals surface area (Å²) in [6.45, 7) is 27.3. The van der Waals surface area contributed by atoms with Gasteiger partial charge >= 0.3 is 11.9 Å². The van der Waals surface area contributed by atoms with Crippen LogP contribution in [0.3, 0.4) is 0 Å². The number of fused-ring (bicyclic) bond motifs is 6. The van der Waals surface area contributed by atoms with E-state index >= 15 is 0 Å². The zero-order valence-corrected chi connectivity index (χ0v) is 35.8. The summed E-state index contributed by atoms with van der Waals surface area (Å²) in [5.74, 6) is -0.896. The van der Waals surface area contributed by atoms with E-state index in [-0.39, 0.29) is 62.7 Å². The molecule has 7 aliphatic carbocycles. The first-order valence-corrected chi connectivity index (χ1v) is 22.0. The first kappa shape index (κ1) is 39.0. The van der Waals surface area contributed by atoms with Crippen LogP contribution in [0.4, 0.5) is 0 Å². The van der Waals surface area contributed by atoms with Crippen LogP contribution in [0, 0.1) is 81.3 Å². The van der Waals surface area contributed by atoms with E-state index in [0.717, 1.165) is 72.5 Å². The second kappa shape index (κ2) is 12.1. The Balaban J connectivity index is 1.06. The third kappa shape index (κ3) is 4.83. The molecule has 0 aliphatic heterocycles. The van der Waals surface area contributed by atoms with Gasteiger partial charge in [-0.2, -0.15) is 0 Å². The van der Waals surface area contributed by atoms with Gasteiger partial charge in [-0.1, -0.05) is 73.1 Å². The van der Waals surface area contributed by atoms with Gasteiger partial charge in [0, 0.05) is 34.0 Å². The Bertz CT molecular complexity index is 1940. The van der Waals surface area contributed by atoms with Gasteiger partial charge in [-0.15, -0.1) is 11.3 Å². The average Bonchev–Trinajstić information content (AvgIpc) is 3.27. The lowest BCUT2D eigenvalue weighted by atomic mass is 9.33. The van der Waals surface area contributed by atoms with Crippen molar-refractivity contribution in [2.75, 3.05) is 0 Å². The molecular weight excluding hydrogens is 709 g/mol. The summed E-state index contributed by atoms with van der Waals surface area (Å²) in [6.07, 6.45) is 8.69. The summed E-state index contributed by atoms with van der Waals surface area (Å²) >= 11 is 1.63. The number of carbonyl (C=O) groups is 4. The molecular formula is C46H64N2O6S. The molecule has 0 bridgehead atoms. The fraction of sp³-hybridized carbons (Fsp3) is 0.761. The van der Waals surface area contributed by atoms with Crippen LogP contribution < -0.4 is 5.32 Å². The molecule has 6 saturated carbocycles. The van der Waals surface area contributed by atoms with Crippen LogP contribution >= 0.6 is 11.3 Å². The predicted octanol–water partition coefficient (Wildman–Crippen LogP) is 9.33. The Kier molecular flexibility index (Phi) is 8.59. The number of Topliss-reactive ketones (excluding diaryl/α,β-unsaturated/α-hetero) is 1. The van der Waals surface area contributed by atoms with Gasteiger partial charge in [0.1, 0.15) is 6.10 Å². The van der Waals surface area contributed by atoms with Gasteiger partial charge in [-0.05, 0) is 117 Å². The van der Waals surface area contributed by atoms with Crippen molar-refractivity contribution in [3.8, 4) is 0 Å². The minimum absolute atomic E-state index is 0.00479. The summed E-state index contributed by atoms with van der Waals surface area (Å²) in [6, 6.07) is 0. The van der Waals surface area contributed by atoms with Crippen LogP contribution in [0.2, 0.25) is 0 Å². The van der Waals surface area contributed by atoms with E-state index in [1.54, 1.807) is 11.3 Å². The number of thiazole rings is 1. The van der Waals surface area contributed by atoms with Gasteiger partial charge in [0.05, 0.1) is 29.1 Å². The Hall–Kier alpha value is -2.81. The van der Waals surface area contributed by atoms with Gasteiger partial charge in [0.15, 0.2) is 5.78 Å². The summed E-state index contributed by atoms with van der Waals surface area (Å²) < 4.78 is 6.46. The zero-order valence-electron chi connectivity index (χ0n) is 35.0. The monoisotopic (exact) mass is 772 g/mol. The number of ether oxygens (including phenoxy) is 1. The first-order valence-electron chi connectivity index (χ1n) is 21.2. The molecule has 2 N–H and O–H groups in total. The van der Waals surface area contributed by atoms with E-state index in [9.17, 15) is 24.3 Å². The molecule has 8 nitrogen and oxygen atoms in total. The second-order valence-electron chi connectivity index (χ2n) is 21.0. The molecule has 9 heteroatoms. The third-order valence-corrected chi connectivity index (χ3v) is 19.7. The van der Waals surface area contributed by atoms with Crippen molar-refractivity contribution in [2.24, 2.45) is 67.5 Å². The predicted molar refractivity (Wildman–Crippen MR) is 213 cm³/mol. The number of carboxylic acids is 1. The highest BCUT2D eigenvalue weighted by Crippen LogP contribution is 2.89. The van der Waals surface area contributed by atoms with Crippen molar-refractivity contribution in [2.45, 2.75) is 153 Å². The molecule has 1 amide bonds. The largest absolute Gasteiger partial charge is 0.481 e. The molecule has 1 aromatic heterocycles. The standard InChI is InChI=1S/C46H64N2O6S/c1-24(2)36-31(49)21-45(22-35(50)47-23-32-25(3)48-27(5)55-32)18-16-41(8)28(37(36)45)12-13-33-42(41,9)17-19-46-26(4)44(46,11)34(14-15-43(33,46)10)54-39(53)30-20-29(38(51)52)40(30,6)7/h24,28-30,33-34H,4,12-23H2,1-3,5-11H3,(H,47,50)(H,51,52)/t28?,29-,30+,33-,34?,41+,42+,43+,44+,45-,46-/m0/s1. The lowest BCUT2D eigenvalue weighted by Crippen LogP contribution is -2.64. The van der Waals surface area contributed by atoms with Crippen LogP contribution in [0.1, 0.15) is 142 Å². The van der Waals surface area contributed by atoms with Crippen LogP contribution in [0.25, 0.3) is 0 Å². The lowest BCUT2D eigenvalue weighted by molar-refractivity contribution is -0.220. The minimum atomic E-state index is -0.837. The van der Waals surface area contributed by atoms with Crippen molar-refractivity contribution >= 4 is 35.0 Å². The number of amides is 1. The number of aromatic nitrogens is 1. The number of nitrogens with zero attached hydrogens (tertiary/aromatic N) is 1. The number of allylic oxidation sites excluding steroid dienone is 2. The van der Waals surface area contributed by atoms with E-state index in [1.165, 1.54) is 11.1 Å². The Morgan fingerprint density at radius 1 is 0.945 bits per heavy atom. The van der Waals surface area contributed by atoms with E-state index in [4.69, 9.17) is 11.3 Å². The van der Waals surface area contributed by atoms with Gasteiger partial charge in [0.25, 0.3) is 0 Å². The van der Waals surface area contributed by atoms with Gasteiger partial charge < -0.3 is 15.2 Å². The van der Waals surface area contributed by atoms with Crippen molar-refractivity contribution in [1.82, 2.24) is 10.3 Å². The smallest absolute Gasteiger partial charge is 0.309 e. The third-order valence-electron chi connectivity index (χ3n) is 18.6. The van der Waals surface area contributed by atoms with Crippen LogP contribution in [-0.2, 0) is 30.5 Å². The number of ketones is 1. The maximum Gasteiger partial charge on any atom is 0.309 e. The van der Waals surface area contributed by atoms with E-state index in [0.29, 0.717) is 31.7 Å². The molecule has 1 aromatic rings. The molecule has 1 spiro atoms. The van der Waals surface area contributed by atoms with Crippen molar-refractivity contribution in [1.29, 1.82) is 0 Å². The van der Waals surface area contributed by atoms with Gasteiger partial charge in [0.2, 0.25) is 5.91 Å². The molecule has 7 aliphatic rings. The molecule has 0 saturated heterocycles. The molecule has 6 fully saturated rings. The number of aliphatic carboxylic acids is 1. The molecule has 0 aromatic carbocycles. The lowest BCUT2D eigenvalue weighted by Gasteiger charge is -2.71. The number of carbonyl (C=O) groups excluding carboxylic acids is 3. The Morgan fingerprint density at radius 3 is 2.25 bits per heavy atom. The van der Waals surface area contributed by atoms with Crippen molar-refractivity contribution < 1.29 is 29.0 Å². The molecule has 300 valence electrons. The fourth-order valence-corrected chi connectivity index (χ4v) is 16.2. The van der Waals surface area contributed by atoms with Crippen LogP contribution in [-0.4, -0.2) is 39.8 Å². The molecule has 55 heavy (non-hydrogen) atoms. The maximum absolute atomic E-state index is 14.1. The zero-order chi connectivity index (χ0) is 40.1. The molecule has 11 atom stereocenters. The number of carboxylic acid groups (broad SMARTS) is 1. The molecule has 1 heterocycles. The van der Waals surface area contributed by atoms with Gasteiger partial charge in [-0.3, -0.25) is 19.2 Å².